The Hall–Kier alpha value is -3.99. The maximum absolute atomic E-state index is 13.6. The minimum atomic E-state index is -0.591. The van der Waals surface area contributed by atoms with Gasteiger partial charge in [-0.1, -0.05) is 258 Å². The monoisotopic (exact) mass is 949 g/mol. The molecule has 2 aliphatic rings. The Labute approximate surface area is 424 Å². The molecule has 2 aliphatic carbocycles. The molecule has 2 rings (SSSR count). The van der Waals surface area contributed by atoms with E-state index in [1.807, 2.05) is 38.2 Å². The van der Waals surface area contributed by atoms with Gasteiger partial charge in [-0.3, -0.25) is 14.4 Å². The largest absolute Gasteiger partial charge is 0.462 e. The maximum atomic E-state index is 13.6. The maximum Gasteiger partial charge on any atom is 0.306 e. The van der Waals surface area contributed by atoms with Crippen LogP contribution in [0.1, 0.15) is 237 Å². The molecule has 0 heterocycles. The quantitative estimate of drug-likeness (QED) is 0.0284. The highest BCUT2D eigenvalue weighted by atomic mass is 16.5. The van der Waals surface area contributed by atoms with Gasteiger partial charge >= 0.3 is 11.9 Å². The van der Waals surface area contributed by atoms with Crippen LogP contribution in [0, 0.1) is 16.2 Å². The second kappa shape index (κ2) is 33.6. The molecule has 5 nitrogen and oxygen atoms in total. The Balaban J connectivity index is 1.80. The molecule has 1 fully saturated rings. The third-order valence-corrected chi connectivity index (χ3v) is 14.7. The number of rotatable bonds is 33. The molecule has 0 unspecified atom stereocenters. The standard InChI is InChI=1S/C64H100O5/c1-13-15-17-19-21-23-25-27-29-41-60(66)68-56-47-55(7)58(62(8,9)48-56)45-43-53(5)39-33-37-51(3)35-31-32-36-52(4)38-34-40-54(6)44-46-59(65)64(12)50-57(49-63(64,10)11)69-61(67)42-30-28-26-24-22-20-18-16-14-2/h31-40,43-46,56-57H,13-30,41-42,47-50H2,1-12H3/b32-31+,37-33+,38-34+,45-43+,46-44+,51-35+,52-36+,53-39+,54-40+/t56-,57+,64+/m1/s1. The number of carbonyl (C=O) groups excluding carboxylic acids is 3. The number of ketones is 1. The summed E-state index contributed by atoms with van der Waals surface area (Å²) in [6, 6.07) is 0. The topological polar surface area (TPSA) is 69.7 Å². The summed E-state index contributed by atoms with van der Waals surface area (Å²) in [5.41, 5.74) is 6.16. The van der Waals surface area contributed by atoms with E-state index < -0.39 is 5.41 Å². The summed E-state index contributed by atoms with van der Waals surface area (Å²) in [6.07, 6.45) is 54.6. The van der Waals surface area contributed by atoms with Gasteiger partial charge in [-0.05, 0) is 89.2 Å². The summed E-state index contributed by atoms with van der Waals surface area (Å²) in [7, 11) is 0. The molecule has 0 N–H and O–H groups in total. The van der Waals surface area contributed by atoms with E-state index in [-0.39, 0.29) is 40.8 Å². The molecule has 0 radical (unpaired) electrons. The second-order valence-electron chi connectivity index (χ2n) is 22.3. The number of hydrogen-bond acceptors (Lipinski definition) is 5. The van der Waals surface area contributed by atoms with Crippen molar-refractivity contribution in [3.05, 3.63) is 119 Å². The zero-order chi connectivity index (χ0) is 51.1. The molecular weight excluding hydrogens is 849 g/mol. The lowest BCUT2D eigenvalue weighted by atomic mass is 9.66. The van der Waals surface area contributed by atoms with Gasteiger partial charge in [0.1, 0.15) is 12.2 Å². The normalized spacial score (nSPS) is 21.6. The first kappa shape index (κ1) is 61.1. The van der Waals surface area contributed by atoms with Gasteiger partial charge < -0.3 is 9.47 Å². The van der Waals surface area contributed by atoms with E-state index in [4.69, 9.17) is 9.47 Å². The van der Waals surface area contributed by atoms with Crippen molar-refractivity contribution >= 4 is 17.7 Å². The first-order valence-electron chi connectivity index (χ1n) is 27.5. The minimum absolute atomic E-state index is 0.0376. The van der Waals surface area contributed by atoms with E-state index in [2.05, 4.69) is 124 Å². The highest BCUT2D eigenvalue weighted by molar-refractivity contribution is 5.96. The Morgan fingerprint density at radius 3 is 1.36 bits per heavy atom. The van der Waals surface area contributed by atoms with Crippen LogP contribution in [0.5, 0.6) is 0 Å². The van der Waals surface area contributed by atoms with E-state index >= 15 is 0 Å². The minimum Gasteiger partial charge on any atom is -0.462 e. The molecule has 69 heavy (non-hydrogen) atoms. The van der Waals surface area contributed by atoms with Crippen molar-refractivity contribution in [1.82, 2.24) is 0 Å². The molecule has 0 saturated heterocycles. The molecule has 386 valence electrons. The number of unbranched alkanes of at least 4 members (excludes halogenated alkanes) is 16. The molecule has 0 bridgehead atoms. The molecule has 1 saturated carbocycles. The van der Waals surface area contributed by atoms with Gasteiger partial charge in [0.15, 0.2) is 5.78 Å². The summed E-state index contributed by atoms with van der Waals surface area (Å²) in [4.78, 5) is 39.0. The van der Waals surface area contributed by atoms with Gasteiger partial charge in [0.25, 0.3) is 0 Å². The molecule has 3 atom stereocenters. The zero-order valence-electron chi connectivity index (χ0n) is 46.2. The van der Waals surface area contributed by atoms with Crippen molar-refractivity contribution in [3.8, 4) is 0 Å². The van der Waals surface area contributed by atoms with Crippen LogP contribution in [-0.4, -0.2) is 29.9 Å². The van der Waals surface area contributed by atoms with Crippen LogP contribution in [-0.2, 0) is 23.9 Å². The molecular formula is C64H100O5. The number of allylic oxidation sites excluding steroid dienone is 19. The Morgan fingerprint density at radius 2 is 0.899 bits per heavy atom. The van der Waals surface area contributed by atoms with Crippen LogP contribution in [0.15, 0.2) is 119 Å². The van der Waals surface area contributed by atoms with Gasteiger partial charge in [0, 0.05) is 24.7 Å². The van der Waals surface area contributed by atoms with Crippen molar-refractivity contribution in [2.45, 2.75) is 249 Å². The zero-order valence-corrected chi connectivity index (χ0v) is 46.2. The first-order chi connectivity index (χ1) is 32.8. The fraction of sp³-hybridized carbons (Fsp3) is 0.641. The molecule has 5 heteroatoms. The van der Waals surface area contributed by atoms with E-state index in [0.717, 1.165) is 55.2 Å². The fourth-order valence-corrected chi connectivity index (χ4v) is 9.94. The highest BCUT2D eigenvalue weighted by Crippen LogP contribution is 2.54. The van der Waals surface area contributed by atoms with Crippen LogP contribution in [0.3, 0.4) is 0 Å². The lowest BCUT2D eigenvalue weighted by Crippen LogP contribution is -2.36. The summed E-state index contributed by atoms with van der Waals surface area (Å²) in [6.45, 7) is 25.8. The van der Waals surface area contributed by atoms with Crippen LogP contribution < -0.4 is 0 Å². The molecule has 0 aromatic heterocycles. The SMILES string of the molecule is CCCCCCCCCCCC(=O)O[C@@H]1CC(C)=C(/C=C/C(C)=C/C=C/C(C)=C/C=C/C=C(C)/C=C/C=C(C)/C=C/C(=O)[C@]2(C)C[C@@H](OC(=O)CCCCCCCCCCC)CC2(C)C)C(C)(C)C1. The molecule has 0 aromatic carbocycles. The van der Waals surface area contributed by atoms with Crippen LogP contribution in [0.4, 0.5) is 0 Å². The summed E-state index contributed by atoms with van der Waals surface area (Å²) in [5, 5.41) is 0. The molecule has 0 amide bonds. The van der Waals surface area contributed by atoms with E-state index in [1.54, 1.807) is 6.08 Å². The lowest BCUT2D eigenvalue weighted by Gasteiger charge is -2.37. The Bertz CT molecular complexity index is 1880. The number of ether oxygens (including phenoxy) is 2. The van der Waals surface area contributed by atoms with Crippen LogP contribution in [0.2, 0.25) is 0 Å². The van der Waals surface area contributed by atoms with Crippen LogP contribution >= 0.6 is 0 Å². The lowest BCUT2D eigenvalue weighted by molar-refractivity contribution is -0.151. The molecule has 0 aliphatic heterocycles. The average Bonchev–Trinajstić information content (AvgIpc) is 3.51. The first-order valence-corrected chi connectivity index (χ1v) is 27.5. The third-order valence-electron chi connectivity index (χ3n) is 14.7. The van der Waals surface area contributed by atoms with Crippen molar-refractivity contribution < 1.29 is 23.9 Å². The van der Waals surface area contributed by atoms with Crippen molar-refractivity contribution in [3.63, 3.8) is 0 Å². The smallest absolute Gasteiger partial charge is 0.306 e. The van der Waals surface area contributed by atoms with E-state index in [9.17, 15) is 14.4 Å². The Morgan fingerprint density at radius 1 is 0.493 bits per heavy atom. The van der Waals surface area contributed by atoms with Crippen molar-refractivity contribution in [2.24, 2.45) is 16.2 Å². The molecule has 0 spiro atoms. The highest BCUT2D eigenvalue weighted by Gasteiger charge is 2.54. The van der Waals surface area contributed by atoms with Gasteiger partial charge in [0.2, 0.25) is 0 Å². The summed E-state index contributed by atoms with van der Waals surface area (Å²) in [5.74, 6) is -0.0713. The van der Waals surface area contributed by atoms with Crippen LogP contribution in [0.25, 0.3) is 0 Å². The van der Waals surface area contributed by atoms with Crippen molar-refractivity contribution in [2.75, 3.05) is 0 Å². The predicted molar refractivity (Wildman–Crippen MR) is 296 cm³/mol. The van der Waals surface area contributed by atoms with Gasteiger partial charge in [0.05, 0.1) is 0 Å². The van der Waals surface area contributed by atoms with E-state index in [0.29, 0.717) is 25.7 Å². The third kappa shape index (κ3) is 25.1. The summed E-state index contributed by atoms with van der Waals surface area (Å²) < 4.78 is 11.9. The number of esters is 2. The number of hydrogen-bond donors (Lipinski definition) is 0. The number of carbonyl (C=O) groups is 3. The Kier molecular flexibility index (Phi) is 29.7. The molecule has 0 aromatic rings. The fourth-order valence-electron chi connectivity index (χ4n) is 9.94. The van der Waals surface area contributed by atoms with E-state index in [1.165, 1.54) is 107 Å². The average molecular weight is 949 g/mol. The van der Waals surface area contributed by atoms with Gasteiger partial charge in [-0.15, -0.1) is 0 Å². The van der Waals surface area contributed by atoms with Crippen molar-refractivity contribution in [1.29, 1.82) is 0 Å². The van der Waals surface area contributed by atoms with Gasteiger partial charge in [-0.2, -0.15) is 0 Å². The predicted octanol–water partition coefficient (Wildman–Crippen LogP) is 18.7. The summed E-state index contributed by atoms with van der Waals surface area (Å²) >= 11 is 0. The van der Waals surface area contributed by atoms with Gasteiger partial charge in [-0.25, -0.2) is 0 Å². The second-order valence-corrected chi connectivity index (χ2v) is 22.3.